The van der Waals surface area contributed by atoms with E-state index in [-0.39, 0.29) is 29.9 Å². The number of hydrogen-bond donors (Lipinski definition) is 3. The van der Waals surface area contributed by atoms with Crippen LogP contribution in [0.1, 0.15) is 63.0 Å². The number of benzene rings is 1. The van der Waals surface area contributed by atoms with Crippen LogP contribution < -0.4 is 16.0 Å². The van der Waals surface area contributed by atoms with Crippen LogP contribution in [0.2, 0.25) is 0 Å². The molecule has 0 radical (unpaired) electrons. The predicted octanol–water partition coefficient (Wildman–Crippen LogP) is 3.40. The van der Waals surface area contributed by atoms with Gasteiger partial charge in [-0.05, 0) is 63.2 Å². The van der Waals surface area contributed by atoms with Crippen LogP contribution in [0.25, 0.3) is 0 Å². The summed E-state index contributed by atoms with van der Waals surface area (Å²) in [6.07, 6.45) is 7.70. The number of halogens is 1. The smallest absolute Gasteiger partial charge is 0.220 e. The van der Waals surface area contributed by atoms with E-state index in [9.17, 15) is 4.79 Å². The summed E-state index contributed by atoms with van der Waals surface area (Å²) in [5.74, 6) is 0.980. The summed E-state index contributed by atoms with van der Waals surface area (Å²) in [6.45, 7) is 7.80. The van der Waals surface area contributed by atoms with Crippen LogP contribution in [0.5, 0.6) is 0 Å². The summed E-state index contributed by atoms with van der Waals surface area (Å²) >= 11 is 0. The predicted molar refractivity (Wildman–Crippen MR) is 134 cm³/mol. The Balaban J connectivity index is 0.00000320. The molecule has 0 bridgehead atoms. The van der Waals surface area contributed by atoms with E-state index in [1.807, 2.05) is 0 Å². The Labute approximate surface area is 198 Å². The third-order valence-electron chi connectivity index (χ3n) is 5.46. The van der Waals surface area contributed by atoms with Gasteiger partial charge in [-0.1, -0.05) is 30.7 Å². The number of carbonyl (C=O) groups is 1. The molecule has 1 heterocycles. The third-order valence-corrected chi connectivity index (χ3v) is 5.46. The molecule has 1 aromatic carbocycles. The number of amides is 1. The van der Waals surface area contributed by atoms with Gasteiger partial charge in [-0.3, -0.25) is 9.69 Å². The first-order valence-electron chi connectivity index (χ1n) is 11.3. The van der Waals surface area contributed by atoms with Crippen LogP contribution in [0.3, 0.4) is 0 Å². The maximum absolute atomic E-state index is 11.7. The summed E-state index contributed by atoms with van der Waals surface area (Å²) in [5, 5.41) is 9.64. The minimum Gasteiger partial charge on any atom is -0.357 e. The molecular weight excluding hydrogens is 489 g/mol. The Hall–Kier alpha value is -1.35. The second-order valence-electron chi connectivity index (χ2n) is 8.22. The van der Waals surface area contributed by atoms with E-state index in [0.29, 0.717) is 19.0 Å². The van der Waals surface area contributed by atoms with E-state index in [1.54, 1.807) is 0 Å². The van der Waals surface area contributed by atoms with Crippen molar-refractivity contribution in [2.24, 2.45) is 4.99 Å². The van der Waals surface area contributed by atoms with Crippen LogP contribution in [0.4, 0.5) is 0 Å². The monoisotopic (exact) mass is 527 g/mol. The maximum atomic E-state index is 11.7. The van der Waals surface area contributed by atoms with Crippen molar-refractivity contribution in [3.63, 3.8) is 0 Å². The topological polar surface area (TPSA) is 68.8 Å². The fraction of sp³-hybridized carbons (Fsp3) is 0.652. The first-order chi connectivity index (χ1) is 14.2. The number of guanidine groups is 1. The number of carbonyl (C=O) groups excluding carboxylic acids is 1. The van der Waals surface area contributed by atoms with Crippen LogP contribution >= 0.6 is 24.0 Å². The average Bonchev–Trinajstić information content (AvgIpc) is 3.55. The Morgan fingerprint density at radius 3 is 2.43 bits per heavy atom. The molecule has 2 fully saturated rings. The Morgan fingerprint density at radius 2 is 1.77 bits per heavy atom. The fourth-order valence-electron chi connectivity index (χ4n) is 3.62. The maximum Gasteiger partial charge on any atom is 0.220 e. The molecule has 3 N–H and O–H groups in total. The van der Waals surface area contributed by atoms with Gasteiger partial charge in [0.2, 0.25) is 5.91 Å². The molecule has 7 heteroatoms. The van der Waals surface area contributed by atoms with Gasteiger partial charge >= 0.3 is 0 Å². The van der Waals surface area contributed by atoms with Gasteiger partial charge in [0.1, 0.15) is 0 Å². The molecule has 6 nitrogen and oxygen atoms in total. The lowest BCUT2D eigenvalue weighted by molar-refractivity contribution is -0.121. The molecule has 168 valence electrons. The first kappa shape index (κ1) is 24.9. The first-order valence-corrected chi connectivity index (χ1v) is 11.3. The Kier molecular flexibility index (Phi) is 11.5. The third kappa shape index (κ3) is 9.64. The number of likely N-dealkylation sites (tertiary alicyclic amines) is 1. The molecule has 30 heavy (non-hydrogen) atoms. The minimum absolute atomic E-state index is 0. The number of piperidine rings is 1. The van der Waals surface area contributed by atoms with Gasteiger partial charge in [0.05, 0.1) is 6.54 Å². The molecule has 1 saturated heterocycles. The zero-order chi connectivity index (χ0) is 20.3. The van der Waals surface area contributed by atoms with Gasteiger partial charge in [-0.25, -0.2) is 4.99 Å². The van der Waals surface area contributed by atoms with Crippen LogP contribution in [-0.2, 0) is 17.9 Å². The van der Waals surface area contributed by atoms with E-state index in [4.69, 9.17) is 0 Å². The summed E-state index contributed by atoms with van der Waals surface area (Å²) in [6, 6.07) is 9.29. The highest BCUT2D eigenvalue weighted by molar-refractivity contribution is 14.0. The molecule has 0 atom stereocenters. The van der Waals surface area contributed by atoms with Crippen LogP contribution in [0.15, 0.2) is 29.3 Å². The van der Waals surface area contributed by atoms with Gasteiger partial charge in [0.25, 0.3) is 0 Å². The van der Waals surface area contributed by atoms with Gasteiger partial charge in [0.15, 0.2) is 5.96 Å². The lowest BCUT2D eigenvalue weighted by Crippen LogP contribution is -2.38. The molecule has 1 aliphatic carbocycles. The SMILES string of the molecule is CCNC(=NCc1ccc(CN2CCCCC2)cc1)NCCCC(=O)NC1CC1.I. The molecular formula is C23H38IN5O. The quantitative estimate of drug-likeness (QED) is 0.189. The van der Waals surface area contributed by atoms with E-state index in [2.05, 4.69) is 57.0 Å². The highest BCUT2D eigenvalue weighted by Gasteiger charge is 2.22. The van der Waals surface area contributed by atoms with Crippen LogP contribution in [0, 0.1) is 0 Å². The summed E-state index contributed by atoms with van der Waals surface area (Å²) in [5.41, 5.74) is 2.60. The van der Waals surface area contributed by atoms with Crippen molar-refractivity contribution in [2.75, 3.05) is 26.2 Å². The average molecular weight is 527 g/mol. The molecule has 0 unspecified atom stereocenters. The Morgan fingerprint density at radius 1 is 1.07 bits per heavy atom. The number of nitrogens with one attached hydrogen (secondary N) is 3. The highest BCUT2D eigenvalue weighted by atomic mass is 127. The van der Waals surface area contributed by atoms with Crippen molar-refractivity contribution in [3.05, 3.63) is 35.4 Å². The van der Waals surface area contributed by atoms with Gasteiger partial charge < -0.3 is 16.0 Å². The largest absolute Gasteiger partial charge is 0.357 e. The lowest BCUT2D eigenvalue weighted by atomic mass is 10.1. The number of hydrogen-bond acceptors (Lipinski definition) is 3. The van der Waals surface area contributed by atoms with Crippen molar-refractivity contribution in [1.82, 2.24) is 20.9 Å². The van der Waals surface area contributed by atoms with Gasteiger partial charge in [-0.15, -0.1) is 24.0 Å². The molecule has 1 amide bonds. The lowest BCUT2D eigenvalue weighted by Gasteiger charge is -2.26. The van der Waals surface area contributed by atoms with E-state index in [0.717, 1.165) is 44.9 Å². The zero-order valence-electron chi connectivity index (χ0n) is 18.3. The molecule has 1 saturated carbocycles. The molecule has 2 aliphatic rings. The number of nitrogens with zero attached hydrogens (tertiary/aromatic N) is 2. The highest BCUT2D eigenvalue weighted by Crippen LogP contribution is 2.18. The molecule has 1 aromatic rings. The van der Waals surface area contributed by atoms with Gasteiger partial charge in [-0.2, -0.15) is 0 Å². The Bertz CT molecular complexity index is 654. The van der Waals surface area contributed by atoms with Crippen molar-refractivity contribution < 1.29 is 4.79 Å². The second-order valence-corrected chi connectivity index (χ2v) is 8.22. The fourth-order valence-corrected chi connectivity index (χ4v) is 3.62. The number of aliphatic imine (C=N–C) groups is 1. The van der Waals surface area contributed by atoms with Crippen molar-refractivity contribution in [3.8, 4) is 0 Å². The standard InChI is InChI=1S/C23H37N5O.HI/c1-2-24-23(25-14-6-7-22(29)27-21-12-13-21)26-17-19-8-10-20(11-9-19)18-28-15-4-3-5-16-28;/h8-11,21H,2-7,12-18H2,1H3,(H,27,29)(H2,24,25,26);1H. The van der Waals surface area contributed by atoms with E-state index in [1.165, 1.54) is 43.5 Å². The molecule has 0 spiro atoms. The molecule has 0 aromatic heterocycles. The summed E-state index contributed by atoms with van der Waals surface area (Å²) in [7, 11) is 0. The zero-order valence-corrected chi connectivity index (χ0v) is 20.6. The van der Waals surface area contributed by atoms with E-state index >= 15 is 0 Å². The second kappa shape index (κ2) is 13.9. The van der Waals surface area contributed by atoms with Crippen molar-refractivity contribution in [1.29, 1.82) is 0 Å². The van der Waals surface area contributed by atoms with Crippen molar-refractivity contribution >= 4 is 35.8 Å². The normalized spacial score (nSPS) is 17.2. The molecule has 3 rings (SSSR count). The van der Waals surface area contributed by atoms with Crippen molar-refractivity contribution in [2.45, 2.75) is 71.0 Å². The summed E-state index contributed by atoms with van der Waals surface area (Å²) < 4.78 is 0. The van der Waals surface area contributed by atoms with E-state index < -0.39 is 0 Å². The van der Waals surface area contributed by atoms with Gasteiger partial charge in [0, 0.05) is 32.1 Å². The minimum atomic E-state index is 0. The molecule has 1 aliphatic heterocycles. The van der Waals surface area contributed by atoms with Crippen LogP contribution in [-0.4, -0.2) is 49.0 Å². The summed E-state index contributed by atoms with van der Waals surface area (Å²) in [4.78, 5) is 19.0. The number of rotatable bonds is 10.